The SMILES string of the molecule is CC.CC.CC.CC.CC(C)c1ccccc1.CC(C)c1ccccc1.CC(C)c1ccccc1.CC(C)c1ccccc1. The van der Waals surface area contributed by atoms with Gasteiger partial charge in [0.25, 0.3) is 0 Å². The quantitative estimate of drug-likeness (QED) is 0.218. The molecule has 4 rings (SSSR count). The molecule has 0 aliphatic carbocycles. The summed E-state index contributed by atoms with van der Waals surface area (Å²) >= 11 is 0. The Bertz CT molecular complexity index is 825. The van der Waals surface area contributed by atoms with Crippen LogP contribution in [0.5, 0.6) is 0 Å². The molecule has 0 saturated heterocycles. The van der Waals surface area contributed by atoms with Crippen LogP contribution in [0.3, 0.4) is 0 Å². The smallest absolute Gasteiger partial charge is 0.0219 e. The Morgan fingerprint density at radius 3 is 0.409 bits per heavy atom. The van der Waals surface area contributed by atoms with Gasteiger partial charge in [0.15, 0.2) is 0 Å². The molecule has 0 aliphatic rings. The molecule has 0 aliphatic heterocycles. The first-order valence-corrected chi connectivity index (χ1v) is 17.4. The molecular formula is C44H72. The van der Waals surface area contributed by atoms with Crippen LogP contribution in [0.25, 0.3) is 0 Å². The largest absolute Gasteiger partial charge is 0.0683 e. The second kappa shape index (κ2) is 36.1. The van der Waals surface area contributed by atoms with Crippen molar-refractivity contribution in [1.82, 2.24) is 0 Å². The maximum atomic E-state index is 2.20. The highest BCUT2D eigenvalue weighted by atomic mass is 14.0. The normalized spacial score (nSPS) is 8.82. The average Bonchev–Trinajstić information content (AvgIpc) is 3.11. The van der Waals surface area contributed by atoms with Crippen LogP contribution in [0.15, 0.2) is 121 Å². The van der Waals surface area contributed by atoms with Crippen LogP contribution in [-0.2, 0) is 0 Å². The lowest BCUT2D eigenvalue weighted by Gasteiger charge is -2.01. The van der Waals surface area contributed by atoms with Crippen LogP contribution >= 0.6 is 0 Å². The van der Waals surface area contributed by atoms with E-state index >= 15 is 0 Å². The molecule has 0 atom stereocenters. The molecule has 0 heteroatoms. The van der Waals surface area contributed by atoms with Gasteiger partial charge in [-0.15, -0.1) is 0 Å². The highest BCUT2D eigenvalue weighted by molar-refractivity contribution is 5.19. The first-order chi connectivity index (χ1) is 21.2. The molecule has 0 N–H and O–H groups in total. The van der Waals surface area contributed by atoms with E-state index in [-0.39, 0.29) is 0 Å². The van der Waals surface area contributed by atoms with E-state index in [4.69, 9.17) is 0 Å². The molecule has 0 unspecified atom stereocenters. The van der Waals surface area contributed by atoms with E-state index in [1.54, 1.807) is 0 Å². The lowest BCUT2D eigenvalue weighted by atomic mass is 10.0. The zero-order chi connectivity index (χ0) is 34.8. The highest BCUT2D eigenvalue weighted by Crippen LogP contribution is 2.13. The van der Waals surface area contributed by atoms with E-state index in [0.29, 0.717) is 23.7 Å². The first-order valence-electron chi connectivity index (χ1n) is 17.4. The third-order valence-corrected chi connectivity index (χ3v) is 5.86. The van der Waals surface area contributed by atoms with Crippen LogP contribution in [0.1, 0.15) is 157 Å². The Morgan fingerprint density at radius 2 is 0.341 bits per heavy atom. The zero-order valence-corrected chi connectivity index (χ0v) is 31.9. The van der Waals surface area contributed by atoms with Gasteiger partial charge in [0.1, 0.15) is 0 Å². The van der Waals surface area contributed by atoms with E-state index in [0.717, 1.165) is 0 Å². The lowest BCUT2D eigenvalue weighted by molar-refractivity contribution is 0.867. The van der Waals surface area contributed by atoms with Gasteiger partial charge in [0, 0.05) is 0 Å². The molecular weight excluding hydrogens is 528 g/mol. The summed E-state index contributed by atoms with van der Waals surface area (Å²) in [5.41, 5.74) is 5.66. The van der Waals surface area contributed by atoms with Gasteiger partial charge in [-0.1, -0.05) is 232 Å². The van der Waals surface area contributed by atoms with Gasteiger partial charge < -0.3 is 0 Å². The Hall–Kier alpha value is -3.12. The molecule has 0 spiro atoms. The van der Waals surface area contributed by atoms with Crippen LogP contribution in [0, 0.1) is 0 Å². The fraction of sp³-hybridized carbons (Fsp3) is 0.455. The zero-order valence-electron chi connectivity index (χ0n) is 31.9. The first kappa shape index (κ1) is 47.8. The van der Waals surface area contributed by atoms with Crippen molar-refractivity contribution in [2.75, 3.05) is 0 Å². The minimum Gasteiger partial charge on any atom is -0.0683 e. The van der Waals surface area contributed by atoms with Gasteiger partial charge in [-0.05, 0) is 45.9 Å². The van der Waals surface area contributed by atoms with Crippen LogP contribution in [0.4, 0.5) is 0 Å². The van der Waals surface area contributed by atoms with Gasteiger partial charge >= 0.3 is 0 Å². The molecule has 0 radical (unpaired) electrons. The van der Waals surface area contributed by atoms with Gasteiger partial charge in [-0.25, -0.2) is 0 Å². The molecule has 0 bridgehead atoms. The lowest BCUT2D eigenvalue weighted by Crippen LogP contribution is -1.83. The Labute approximate surface area is 277 Å². The van der Waals surface area contributed by atoms with Crippen LogP contribution in [-0.4, -0.2) is 0 Å². The van der Waals surface area contributed by atoms with Gasteiger partial charge in [-0.3, -0.25) is 0 Å². The van der Waals surface area contributed by atoms with Crippen molar-refractivity contribution < 1.29 is 0 Å². The summed E-state index contributed by atoms with van der Waals surface area (Å²) in [5.74, 6) is 2.63. The second-order valence-corrected chi connectivity index (χ2v) is 10.3. The second-order valence-electron chi connectivity index (χ2n) is 10.3. The summed E-state index contributed by atoms with van der Waals surface area (Å²) in [6.45, 7) is 33.6. The van der Waals surface area contributed by atoms with E-state index in [1.165, 1.54) is 22.3 Å². The molecule has 0 saturated carbocycles. The summed E-state index contributed by atoms with van der Waals surface area (Å²) in [6.07, 6.45) is 0. The van der Waals surface area contributed by atoms with Crippen molar-refractivity contribution >= 4 is 0 Å². The maximum absolute atomic E-state index is 2.20. The van der Waals surface area contributed by atoms with Crippen LogP contribution < -0.4 is 0 Å². The summed E-state index contributed by atoms with van der Waals surface area (Å²) in [5, 5.41) is 0. The Balaban J connectivity index is -0.000000225. The number of benzene rings is 4. The van der Waals surface area contributed by atoms with E-state index in [9.17, 15) is 0 Å². The fourth-order valence-electron chi connectivity index (χ4n) is 3.35. The predicted molar refractivity (Wildman–Crippen MR) is 208 cm³/mol. The highest BCUT2D eigenvalue weighted by Gasteiger charge is 1.95. The van der Waals surface area contributed by atoms with Crippen molar-refractivity contribution in [1.29, 1.82) is 0 Å². The minimum absolute atomic E-state index is 0.659. The average molecular weight is 601 g/mol. The molecule has 0 fully saturated rings. The summed E-state index contributed by atoms with van der Waals surface area (Å²) < 4.78 is 0. The molecule has 0 amide bonds. The van der Waals surface area contributed by atoms with E-state index in [1.807, 2.05) is 79.7 Å². The molecule has 0 heterocycles. The van der Waals surface area contributed by atoms with Crippen LogP contribution in [0.2, 0.25) is 0 Å². The van der Waals surface area contributed by atoms with Crippen molar-refractivity contribution in [2.45, 2.75) is 134 Å². The van der Waals surface area contributed by atoms with E-state index < -0.39 is 0 Å². The molecule has 0 nitrogen and oxygen atoms in total. The Kier molecular flexibility index (Phi) is 39.2. The third-order valence-electron chi connectivity index (χ3n) is 5.86. The van der Waals surface area contributed by atoms with Gasteiger partial charge in [0.05, 0.1) is 0 Å². The van der Waals surface area contributed by atoms with Crippen molar-refractivity contribution in [2.24, 2.45) is 0 Å². The molecule has 44 heavy (non-hydrogen) atoms. The standard InChI is InChI=1S/4C9H12.4C2H6/c4*1-8(2)9-6-4-3-5-7-9;4*1-2/h4*3-8H,1-2H3;4*1-2H3. The minimum atomic E-state index is 0.659. The number of hydrogen-bond acceptors (Lipinski definition) is 0. The summed E-state index contributed by atoms with van der Waals surface area (Å²) in [6, 6.07) is 42.1. The molecule has 4 aromatic rings. The summed E-state index contributed by atoms with van der Waals surface area (Å²) in [4.78, 5) is 0. The van der Waals surface area contributed by atoms with Crippen molar-refractivity contribution in [3.63, 3.8) is 0 Å². The molecule has 4 aromatic carbocycles. The number of hydrogen-bond donors (Lipinski definition) is 0. The van der Waals surface area contributed by atoms with Crippen molar-refractivity contribution in [3.8, 4) is 0 Å². The molecule has 248 valence electrons. The van der Waals surface area contributed by atoms with E-state index in [2.05, 4.69) is 152 Å². The number of rotatable bonds is 4. The van der Waals surface area contributed by atoms with Gasteiger partial charge in [0.2, 0.25) is 0 Å². The maximum Gasteiger partial charge on any atom is -0.0219 e. The topological polar surface area (TPSA) is 0 Å². The summed E-state index contributed by atoms with van der Waals surface area (Å²) in [7, 11) is 0. The van der Waals surface area contributed by atoms with Gasteiger partial charge in [-0.2, -0.15) is 0 Å². The Morgan fingerprint density at radius 1 is 0.227 bits per heavy atom. The predicted octanol–water partition coefficient (Wildman–Crippen LogP) is 15.3. The molecule has 0 aromatic heterocycles. The third kappa shape index (κ3) is 27.7. The fourth-order valence-corrected chi connectivity index (χ4v) is 3.35. The monoisotopic (exact) mass is 601 g/mol. The van der Waals surface area contributed by atoms with Crippen molar-refractivity contribution in [3.05, 3.63) is 144 Å².